The number of ketones is 1. The van der Waals surface area contributed by atoms with Crippen molar-refractivity contribution in [2.24, 2.45) is 0 Å². The first-order valence-corrected chi connectivity index (χ1v) is 11.9. The van der Waals surface area contributed by atoms with E-state index in [-0.39, 0.29) is 44.2 Å². The van der Waals surface area contributed by atoms with Crippen LogP contribution >= 0.6 is 0 Å². The van der Waals surface area contributed by atoms with Crippen molar-refractivity contribution in [1.82, 2.24) is 0 Å². The molecule has 0 radical (unpaired) electrons. The maximum atomic E-state index is 12.0. The van der Waals surface area contributed by atoms with Crippen molar-refractivity contribution in [2.45, 2.75) is 141 Å². The van der Waals surface area contributed by atoms with Crippen molar-refractivity contribution in [1.29, 1.82) is 0 Å². The Bertz CT molecular complexity index is 449. The first kappa shape index (κ1) is 32.5. The van der Waals surface area contributed by atoms with E-state index >= 15 is 0 Å². The molecule has 0 rings (SSSR count). The molecule has 6 heteroatoms. The van der Waals surface area contributed by atoms with Gasteiger partial charge in [-0.2, -0.15) is 0 Å². The second-order valence-corrected chi connectivity index (χ2v) is 9.03. The molecule has 30 heavy (non-hydrogen) atoms. The van der Waals surface area contributed by atoms with Crippen LogP contribution in [0.15, 0.2) is 0 Å². The van der Waals surface area contributed by atoms with Gasteiger partial charge in [-0.05, 0) is 20.3 Å². The number of carbonyl (C=O) groups is 2. The summed E-state index contributed by atoms with van der Waals surface area (Å²) in [7, 11) is 0. The molecular formula is C24H48CaO5. The predicted octanol–water partition coefficient (Wildman–Crippen LogP) is 4.88. The number of rotatable bonds is 20. The minimum absolute atomic E-state index is 0. The fourth-order valence-corrected chi connectivity index (χ4v) is 3.75. The number of Topliss-reactive ketones (excluding diaryl/α,β-unsaturated/α-hetero) is 1. The minimum atomic E-state index is -2.54. The Labute approximate surface area is 214 Å². The monoisotopic (exact) mass is 456 g/mol. The summed E-state index contributed by atoms with van der Waals surface area (Å²) in [5.74, 6) is -2.67. The summed E-state index contributed by atoms with van der Waals surface area (Å²) in [5, 5.41) is 28.8. The summed E-state index contributed by atoms with van der Waals surface area (Å²) in [4.78, 5) is 23.0. The van der Waals surface area contributed by atoms with Crippen LogP contribution in [0.3, 0.4) is 0 Å². The molecule has 2 atom stereocenters. The molecule has 0 aliphatic heterocycles. The topological polar surface area (TPSA) is 94.8 Å². The van der Waals surface area contributed by atoms with E-state index in [0.29, 0.717) is 6.42 Å². The van der Waals surface area contributed by atoms with Gasteiger partial charge in [-0.3, -0.25) is 4.79 Å². The SMILES string of the molecule is CCCCCCCCCCCCCCCCCCC(C)(O)C(=O)C(C)(O)C(=O)O.[CaH2]. The van der Waals surface area contributed by atoms with Crippen LogP contribution in [0.1, 0.15) is 130 Å². The van der Waals surface area contributed by atoms with Gasteiger partial charge in [0.2, 0.25) is 11.4 Å². The van der Waals surface area contributed by atoms with Crippen LogP contribution in [0.4, 0.5) is 0 Å². The zero-order chi connectivity index (χ0) is 22.2. The molecule has 0 saturated carbocycles. The van der Waals surface area contributed by atoms with E-state index in [4.69, 9.17) is 5.11 Å². The molecule has 0 aromatic heterocycles. The van der Waals surface area contributed by atoms with Crippen molar-refractivity contribution < 1.29 is 24.9 Å². The number of carboxylic acid groups (broad SMARTS) is 1. The van der Waals surface area contributed by atoms with Crippen LogP contribution in [0.25, 0.3) is 0 Å². The second kappa shape index (κ2) is 18.8. The summed E-state index contributed by atoms with van der Waals surface area (Å²) >= 11 is 0. The Kier molecular flexibility index (Phi) is 20.4. The van der Waals surface area contributed by atoms with Gasteiger partial charge in [0.15, 0.2) is 0 Å². The third-order valence-corrected chi connectivity index (χ3v) is 5.86. The molecule has 0 bridgehead atoms. The molecule has 3 N–H and O–H groups in total. The number of hydrogen-bond donors (Lipinski definition) is 3. The molecule has 0 aliphatic carbocycles. The third-order valence-electron chi connectivity index (χ3n) is 5.86. The van der Waals surface area contributed by atoms with E-state index in [1.165, 1.54) is 84.0 Å². The van der Waals surface area contributed by atoms with E-state index in [0.717, 1.165) is 26.2 Å². The van der Waals surface area contributed by atoms with E-state index in [9.17, 15) is 19.8 Å². The quantitative estimate of drug-likeness (QED) is 0.138. The maximum absolute atomic E-state index is 12.0. The Balaban J connectivity index is 0. The fraction of sp³-hybridized carbons (Fsp3) is 0.917. The number of aliphatic carboxylic acids is 1. The number of unbranched alkanes of at least 4 members (excludes halogenated alkanes) is 15. The third kappa shape index (κ3) is 15.2. The van der Waals surface area contributed by atoms with Crippen LogP contribution < -0.4 is 0 Å². The molecule has 0 amide bonds. The zero-order valence-electron chi connectivity index (χ0n) is 19.2. The standard InChI is InChI=1S/C24H46O5.Ca.2H/c1-4-5-6-7-8-9-10-11-12-13-14-15-16-17-18-19-20-23(2,28)21(25)24(3,29)22(26)27;;;/h28-29H,4-20H2,1-3H3,(H,26,27);;;. The number of carboxylic acids is 1. The molecule has 0 aliphatic rings. The Morgan fingerprint density at radius 2 is 0.933 bits per heavy atom. The molecule has 0 saturated heterocycles. The molecule has 0 fully saturated rings. The van der Waals surface area contributed by atoms with Gasteiger partial charge in [0.1, 0.15) is 5.60 Å². The summed E-state index contributed by atoms with van der Waals surface area (Å²) in [6, 6.07) is 0. The van der Waals surface area contributed by atoms with Crippen LogP contribution in [0.2, 0.25) is 0 Å². The van der Waals surface area contributed by atoms with Crippen LogP contribution in [0, 0.1) is 0 Å². The summed E-state index contributed by atoms with van der Waals surface area (Å²) < 4.78 is 0. The zero-order valence-corrected chi connectivity index (χ0v) is 19.2. The molecule has 5 nitrogen and oxygen atoms in total. The normalized spacial score (nSPS) is 15.1. The molecule has 176 valence electrons. The summed E-state index contributed by atoms with van der Waals surface area (Å²) in [6.45, 7) is 4.46. The first-order chi connectivity index (χ1) is 13.7. The van der Waals surface area contributed by atoms with E-state index < -0.39 is 23.0 Å². The summed E-state index contributed by atoms with van der Waals surface area (Å²) in [5.41, 5.74) is -4.35. The second-order valence-electron chi connectivity index (χ2n) is 9.03. The first-order valence-electron chi connectivity index (χ1n) is 11.9. The molecule has 0 aromatic rings. The number of carbonyl (C=O) groups excluding carboxylic acids is 1. The van der Waals surface area contributed by atoms with Gasteiger partial charge in [0, 0.05) is 0 Å². The Hall–Kier alpha value is 0.320. The van der Waals surface area contributed by atoms with Crippen LogP contribution in [-0.2, 0) is 9.59 Å². The van der Waals surface area contributed by atoms with Crippen LogP contribution in [-0.4, -0.2) is 76.0 Å². The van der Waals surface area contributed by atoms with Gasteiger partial charge in [0.25, 0.3) is 0 Å². The van der Waals surface area contributed by atoms with Gasteiger partial charge < -0.3 is 15.3 Å². The number of hydrogen-bond acceptors (Lipinski definition) is 4. The summed E-state index contributed by atoms with van der Waals surface area (Å²) in [6.07, 6.45) is 20.1. The van der Waals surface area contributed by atoms with Gasteiger partial charge in [-0.1, -0.05) is 110 Å². The molecule has 0 heterocycles. The molecule has 0 spiro atoms. The van der Waals surface area contributed by atoms with Crippen molar-refractivity contribution in [2.75, 3.05) is 0 Å². The van der Waals surface area contributed by atoms with E-state index in [1.54, 1.807) is 0 Å². The van der Waals surface area contributed by atoms with Crippen molar-refractivity contribution in [3.8, 4) is 0 Å². The number of aliphatic hydroxyl groups is 2. The van der Waals surface area contributed by atoms with Gasteiger partial charge in [0.05, 0.1) is 0 Å². The average molecular weight is 457 g/mol. The molecule has 2 unspecified atom stereocenters. The van der Waals surface area contributed by atoms with Crippen molar-refractivity contribution >= 4 is 49.5 Å². The van der Waals surface area contributed by atoms with Crippen molar-refractivity contribution in [3.05, 3.63) is 0 Å². The van der Waals surface area contributed by atoms with E-state index in [2.05, 4.69) is 6.92 Å². The fourth-order valence-electron chi connectivity index (χ4n) is 3.75. The van der Waals surface area contributed by atoms with Crippen LogP contribution in [0.5, 0.6) is 0 Å². The average Bonchev–Trinajstić information content (AvgIpc) is 2.66. The van der Waals surface area contributed by atoms with Gasteiger partial charge >= 0.3 is 43.7 Å². The van der Waals surface area contributed by atoms with E-state index in [1.807, 2.05) is 0 Å². The van der Waals surface area contributed by atoms with Gasteiger partial charge in [-0.25, -0.2) is 4.79 Å². The predicted molar refractivity (Wildman–Crippen MR) is 127 cm³/mol. The van der Waals surface area contributed by atoms with Gasteiger partial charge in [-0.15, -0.1) is 0 Å². The van der Waals surface area contributed by atoms with Crippen molar-refractivity contribution in [3.63, 3.8) is 0 Å². The Morgan fingerprint density at radius 1 is 0.633 bits per heavy atom. The molecular weight excluding hydrogens is 408 g/mol. The molecule has 0 aromatic carbocycles. The Morgan fingerprint density at radius 3 is 1.23 bits per heavy atom.